The van der Waals surface area contributed by atoms with Gasteiger partial charge in [-0.1, -0.05) is 137 Å². The molecule has 0 bridgehead atoms. The predicted molar refractivity (Wildman–Crippen MR) is 327 cm³/mol. The molecular weight excluding hydrogens is 1200 g/mol. The van der Waals surface area contributed by atoms with E-state index in [2.05, 4.69) is 108 Å². The van der Waals surface area contributed by atoms with Crippen molar-refractivity contribution in [2.24, 2.45) is 0 Å². The maximum absolute atomic E-state index is 13.1. The van der Waals surface area contributed by atoms with E-state index in [0.717, 1.165) is 21.9 Å². The number of carbonyl (C=O) groups excluding carboxylic acids is 5. The Kier molecular flexibility index (Phi) is 27.5. The molecule has 0 fully saturated rings. The summed E-state index contributed by atoms with van der Waals surface area (Å²) >= 11 is 0. The number of hydrogen-bond acceptors (Lipinski definition) is 12. The maximum Gasteiger partial charge on any atom is 0.426 e. The molecule has 0 saturated carbocycles. The lowest BCUT2D eigenvalue weighted by atomic mass is 9.93. The summed E-state index contributed by atoms with van der Waals surface area (Å²) in [5.41, 5.74) is -1.32. The van der Waals surface area contributed by atoms with Crippen LogP contribution < -0.4 is 18.9 Å². The molecule has 0 heterocycles. The minimum atomic E-state index is -5.92. The molecule has 8 rings (SSSR count). The third-order valence-corrected chi connectivity index (χ3v) is 11.9. The largest absolute Gasteiger partial charge is 0.493 e. The van der Waals surface area contributed by atoms with E-state index in [4.69, 9.17) is 19.3 Å². The highest BCUT2D eigenvalue weighted by atomic mass is 19.4. The molecule has 0 aliphatic rings. The molecule has 90 heavy (non-hydrogen) atoms. The highest BCUT2D eigenvalue weighted by Gasteiger charge is 2.70. The van der Waals surface area contributed by atoms with Gasteiger partial charge < -0.3 is 33.5 Å². The second kappa shape index (κ2) is 33.3. The van der Waals surface area contributed by atoms with Gasteiger partial charge >= 0.3 is 48.4 Å². The molecule has 0 aliphatic carbocycles. The lowest BCUT2D eigenvalue weighted by molar-refractivity contribution is -0.371. The molecule has 8 aromatic carbocycles. The van der Waals surface area contributed by atoms with Crippen molar-refractivity contribution in [3.63, 3.8) is 0 Å². The quantitative estimate of drug-likeness (QED) is 0.0361. The first-order chi connectivity index (χ1) is 42.0. The van der Waals surface area contributed by atoms with Crippen molar-refractivity contribution >= 4 is 97.2 Å². The first kappa shape index (κ1) is 74.2. The summed E-state index contributed by atoms with van der Waals surface area (Å²) in [5, 5.41) is 18.8. The number of benzene rings is 8. The van der Waals surface area contributed by atoms with E-state index in [1.165, 1.54) is 97.8 Å². The van der Waals surface area contributed by atoms with Crippen LogP contribution in [0.25, 0.3) is 67.4 Å². The average Bonchev–Trinajstić information content (AvgIpc) is 0.800. The van der Waals surface area contributed by atoms with Crippen LogP contribution in [0.1, 0.15) is 63.3 Å². The fourth-order valence-corrected chi connectivity index (χ4v) is 7.56. The first-order valence-corrected chi connectivity index (χ1v) is 26.3. The zero-order valence-corrected chi connectivity index (χ0v) is 49.5. The van der Waals surface area contributed by atoms with Crippen LogP contribution in [0.15, 0.2) is 178 Å². The van der Waals surface area contributed by atoms with E-state index in [9.17, 15) is 67.9 Å². The number of ether oxygens (including phenoxy) is 6. The van der Waals surface area contributed by atoms with Gasteiger partial charge in [0.05, 0.1) is 13.7 Å². The molecule has 8 aromatic rings. The average molecular weight is 1260 g/mol. The number of methoxy groups -OCH3 is 1. The molecular formula is C68H62F10O12. The zero-order valence-electron chi connectivity index (χ0n) is 49.5. The molecule has 0 spiro atoms. The van der Waals surface area contributed by atoms with Gasteiger partial charge in [-0.3, -0.25) is 14.4 Å². The molecule has 0 aromatic heterocycles. The molecule has 0 aliphatic heterocycles. The number of fused-ring (bicyclic) bond motifs is 1. The Morgan fingerprint density at radius 2 is 0.867 bits per heavy atom. The van der Waals surface area contributed by atoms with Gasteiger partial charge in [-0.05, 0) is 134 Å². The van der Waals surface area contributed by atoms with Crippen molar-refractivity contribution in [2.45, 2.75) is 65.2 Å². The molecule has 0 unspecified atom stereocenters. The predicted octanol–water partition coefficient (Wildman–Crippen LogP) is 17.3. The minimum absolute atomic E-state index is 0.0470. The Labute approximate surface area is 511 Å². The maximum atomic E-state index is 13.1. The van der Waals surface area contributed by atoms with E-state index in [1.54, 1.807) is 42.5 Å². The lowest BCUT2D eigenvalue weighted by Gasteiger charge is -2.31. The summed E-state index contributed by atoms with van der Waals surface area (Å²) in [6, 6.07) is 40.8. The van der Waals surface area contributed by atoms with Gasteiger partial charge in [0.1, 0.15) is 5.75 Å². The summed E-state index contributed by atoms with van der Waals surface area (Å²) in [7, 11) is 1.52. The molecule has 12 nitrogen and oxygen atoms in total. The van der Waals surface area contributed by atoms with Crippen LogP contribution in [0.4, 0.5) is 43.9 Å². The van der Waals surface area contributed by atoms with Crippen molar-refractivity contribution in [1.82, 2.24) is 0 Å². The number of aliphatic hydroxyl groups is 1. The summed E-state index contributed by atoms with van der Waals surface area (Å²) < 4.78 is 148. The van der Waals surface area contributed by atoms with Crippen LogP contribution in [0.3, 0.4) is 0 Å². The van der Waals surface area contributed by atoms with Gasteiger partial charge in [0.15, 0.2) is 29.7 Å². The lowest BCUT2D eigenvalue weighted by Crippen LogP contribution is -2.57. The van der Waals surface area contributed by atoms with Crippen LogP contribution in [0.5, 0.6) is 23.0 Å². The first-order valence-electron chi connectivity index (χ1n) is 26.3. The summed E-state index contributed by atoms with van der Waals surface area (Å²) in [4.78, 5) is 53.2. The molecule has 0 atom stereocenters. The van der Waals surface area contributed by atoms with E-state index in [0.29, 0.717) is 22.8 Å². The topological polar surface area (TPSA) is 161 Å². The number of esters is 5. The Bertz CT molecular complexity index is 3820. The van der Waals surface area contributed by atoms with Crippen molar-refractivity contribution in [1.29, 1.82) is 0 Å². The Morgan fingerprint density at radius 3 is 1.32 bits per heavy atom. The van der Waals surface area contributed by atoms with Crippen LogP contribution in [-0.4, -0.2) is 79.4 Å². The van der Waals surface area contributed by atoms with Crippen molar-refractivity contribution in [3.05, 3.63) is 206 Å². The third kappa shape index (κ3) is 22.6. The van der Waals surface area contributed by atoms with E-state index in [1.807, 2.05) is 36.4 Å². The number of carbonyl (C=O) groups is 5. The van der Waals surface area contributed by atoms with Crippen LogP contribution >= 0.6 is 0 Å². The molecule has 0 amide bonds. The number of rotatable bonds is 14. The summed E-state index contributed by atoms with van der Waals surface area (Å²) in [5.74, 6) is -2.47. The van der Waals surface area contributed by atoms with Crippen molar-refractivity contribution in [2.75, 3.05) is 20.3 Å². The Morgan fingerprint density at radius 1 is 0.467 bits per heavy atom. The molecule has 476 valence electrons. The SMILES string of the molecule is C=C(C)C(=O)OCC(F)(F)F.C=C(C)C(=O)OCCC(O)(C(F)(F)F)C(F)(F)F.C=Cc1cc2ccc3cccc4ccc(c1)c2c34.C=Cc1ccc(OC(C)=O)c(F)c1.C=Cc1ccc(OC(C)=O)c(OC)c1.C=Cc1ccc2cc(OC(C)=O)ccc2c1. The fraction of sp³-hybridized carbons (Fsp3) is 0.191. The zero-order chi connectivity index (χ0) is 67.9. The van der Waals surface area contributed by atoms with Gasteiger partial charge in [-0.2, -0.15) is 39.5 Å². The fourth-order valence-electron chi connectivity index (χ4n) is 7.56. The second-order valence-electron chi connectivity index (χ2n) is 19.0. The monoisotopic (exact) mass is 1260 g/mol. The standard InChI is InChI=1S/C18H12.C14H12O2.C11H12O3.C10H9FO2.C9H10F6O3.C6H7F3O2/c1-2-12-10-15-8-6-13-4-3-5-14-7-9-16(11-12)18(15)17(13)14;1-3-11-4-5-13-9-14(16-10(2)15)7-6-12(13)8-11;1-4-9-5-6-10(14-8(2)12)11(7-9)13-3;1-3-8-4-5-10(9(11)6-8)13-7(2)12;1-5(2)6(16)18-4-3-7(17,8(10,11)12)9(13,14)15;1-4(2)5(10)11-3-6(7,8)9/h2-11H,1H2;3-9H,1H2,2H3;4-7H,1H2,2-3H3;3-6H,1H2,2H3;17H,1,3-4H2,2H3;1,3H2,2H3. The highest BCUT2D eigenvalue weighted by molar-refractivity contribution is 6.23. The van der Waals surface area contributed by atoms with Crippen LogP contribution in [-0.2, 0) is 33.4 Å². The van der Waals surface area contributed by atoms with Gasteiger partial charge in [-0.15, -0.1) is 0 Å². The van der Waals surface area contributed by atoms with Gasteiger partial charge in [0, 0.05) is 38.3 Å². The summed E-state index contributed by atoms with van der Waals surface area (Å²) in [6.07, 6.45) is -11.2. The number of alkyl halides is 9. The van der Waals surface area contributed by atoms with Gasteiger partial charge in [-0.25, -0.2) is 14.0 Å². The minimum Gasteiger partial charge on any atom is -0.493 e. The smallest absolute Gasteiger partial charge is 0.426 e. The number of hydrogen-bond donors (Lipinski definition) is 1. The van der Waals surface area contributed by atoms with Crippen LogP contribution in [0.2, 0.25) is 0 Å². The van der Waals surface area contributed by atoms with Gasteiger partial charge in [0.25, 0.3) is 5.60 Å². The molecule has 22 heteroatoms. The van der Waals surface area contributed by atoms with Crippen molar-refractivity contribution < 1.29 is 101 Å². The van der Waals surface area contributed by atoms with Crippen LogP contribution in [0, 0.1) is 5.82 Å². The van der Waals surface area contributed by atoms with Gasteiger partial charge in [0.2, 0.25) is 0 Å². The normalized spacial score (nSPS) is 10.9. The molecule has 1 N–H and O–H groups in total. The Hall–Kier alpha value is -10.1. The molecule has 0 saturated heterocycles. The van der Waals surface area contributed by atoms with Crippen molar-refractivity contribution in [3.8, 4) is 23.0 Å². The molecule has 0 radical (unpaired) electrons. The highest BCUT2D eigenvalue weighted by Crippen LogP contribution is 2.45. The number of halogens is 10. The Balaban J connectivity index is 0.000000285. The van der Waals surface area contributed by atoms with E-state index < -0.39 is 67.5 Å². The van der Waals surface area contributed by atoms with E-state index >= 15 is 0 Å². The third-order valence-electron chi connectivity index (χ3n) is 11.9. The van der Waals surface area contributed by atoms with E-state index in [-0.39, 0.29) is 28.8 Å². The summed E-state index contributed by atoms with van der Waals surface area (Å²) in [6.45, 7) is 24.5. The second-order valence-corrected chi connectivity index (χ2v) is 19.0.